The molecule has 5 nitrogen and oxygen atoms in total. The first-order valence-corrected chi connectivity index (χ1v) is 5.78. The zero-order valence-electron chi connectivity index (χ0n) is 10.4. The number of carbonyl (C=O) groups is 2. The van der Waals surface area contributed by atoms with Gasteiger partial charge in [0.1, 0.15) is 6.04 Å². The smallest absolute Gasteiger partial charge is 0.329 e. The van der Waals surface area contributed by atoms with Crippen molar-refractivity contribution < 1.29 is 14.3 Å². The summed E-state index contributed by atoms with van der Waals surface area (Å²) >= 11 is 0. The molecule has 0 fully saturated rings. The van der Waals surface area contributed by atoms with E-state index < -0.39 is 12.0 Å². The van der Waals surface area contributed by atoms with E-state index in [1.807, 2.05) is 30.3 Å². The van der Waals surface area contributed by atoms with E-state index in [2.05, 4.69) is 10.1 Å². The van der Waals surface area contributed by atoms with E-state index in [1.54, 1.807) is 0 Å². The van der Waals surface area contributed by atoms with Crippen molar-refractivity contribution in [3.63, 3.8) is 0 Å². The molecule has 1 aromatic carbocycles. The van der Waals surface area contributed by atoms with Gasteiger partial charge in [-0.1, -0.05) is 30.3 Å². The molecule has 0 aliphatic carbocycles. The number of rotatable bonds is 6. The zero-order chi connectivity index (χ0) is 13.4. The summed E-state index contributed by atoms with van der Waals surface area (Å²) < 4.78 is 4.53. The van der Waals surface area contributed by atoms with Crippen LogP contribution in [0.5, 0.6) is 0 Å². The summed E-state index contributed by atoms with van der Waals surface area (Å²) in [7, 11) is 1.26. The highest BCUT2D eigenvalue weighted by Crippen LogP contribution is 2.02. The van der Waals surface area contributed by atoms with Gasteiger partial charge in [-0.2, -0.15) is 0 Å². The molecule has 0 bridgehead atoms. The number of benzene rings is 1. The third kappa shape index (κ3) is 4.55. The van der Waals surface area contributed by atoms with Crippen molar-refractivity contribution in [2.24, 2.45) is 5.73 Å². The number of esters is 1. The van der Waals surface area contributed by atoms with E-state index in [4.69, 9.17) is 5.73 Å². The van der Waals surface area contributed by atoms with Gasteiger partial charge in [-0.3, -0.25) is 4.79 Å². The molecule has 0 aliphatic rings. The lowest BCUT2D eigenvalue weighted by atomic mass is 10.1. The van der Waals surface area contributed by atoms with Gasteiger partial charge < -0.3 is 15.8 Å². The molecule has 1 amide bonds. The second-order valence-electron chi connectivity index (χ2n) is 3.86. The van der Waals surface area contributed by atoms with Crippen LogP contribution in [-0.2, 0) is 20.7 Å². The van der Waals surface area contributed by atoms with Crippen molar-refractivity contribution in [2.75, 3.05) is 13.7 Å². The molecule has 0 saturated carbocycles. The molecule has 0 radical (unpaired) electrons. The van der Waals surface area contributed by atoms with Crippen LogP contribution in [0, 0.1) is 0 Å². The standard InChI is InChI=1S/C13H18N2O3/c1-18-13(17)11(9-14)15-12(16)8-7-10-5-3-2-4-6-10/h2-6,11H,7-9,14H2,1H3,(H,15,16). The van der Waals surface area contributed by atoms with Crippen LogP contribution < -0.4 is 11.1 Å². The molecule has 0 saturated heterocycles. The van der Waals surface area contributed by atoms with Crippen molar-refractivity contribution in [2.45, 2.75) is 18.9 Å². The van der Waals surface area contributed by atoms with Gasteiger partial charge in [0.2, 0.25) is 5.91 Å². The van der Waals surface area contributed by atoms with Gasteiger partial charge in [0.05, 0.1) is 7.11 Å². The molecule has 18 heavy (non-hydrogen) atoms. The van der Waals surface area contributed by atoms with Crippen LogP contribution in [0.1, 0.15) is 12.0 Å². The van der Waals surface area contributed by atoms with Crippen molar-refractivity contribution in [1.82, 2.24) is 5.32 Å². The van der Waals surface area contributed by atoms with Crippen molar-refractivity contribution >= 4 is 11.9 Å². The first-order valence-electron chi connectivity index (χ1n) is 5.78. The molecule has 5 heteroatoms. The number of hydrogen-bond donors (Lipinski definition) is 2. The minimum atomic E-state index is -0.765. The fourth-order valence-electron chi connectivity index (χ4n) is 1.53. The molecule has 0 aliphatic heterocycles. The van der Waals surface area contributed by atoms with Crippen molar-refractivity contribution in [3.05, 3.63) is 35.9 Å². The Morgan fingerprint density at radius 2 is 2.00 bits per heavy atom. The number of aryl methyl sites for hydroxylation is 1. The normalized spacial score (nSPS) is 11.7. The molecule has 0 spiro atoms. The van der Waals surface area contributed by atoms with E-state index in [-0.39, 0.29) is 12.5 Å². The van der Waals surface area contributed by atoms with Crippen molar-refractivity contribution in [1.29, 1.82) is 0 Å². The highest BCUT2D eigenvalue weighted by molar-refractivity contribution is 5.84. The average Bonchev–Trinajstić information content (AvgIpc) is 2.42. The Labute approximate surface area is 106 Å². The number of amides is 1. The van der Waals surface area contributed by atoms with Gasteiger partial charge >= 0.3 is 5.97 Å². The lowest BCUT2D eigenvalue weighted by Crippen LogP contribution is -2.46. The first-order chi connectivity index (χ1) is 8.67. The van der Waals surface area contributed by atoms with E-state index >= 15 is 0 Å². The molecule has 3 N–H and O–H groups in total. The van der Waals surface area contributed by atoms with Gasteiger partial charge in [-0.05, 0) is 12.0 Å². The monoisotopic (exact) mass is 250 g/mol. The molecule has 98 valence electrons. The summed E-state index contributed by atoms with van der Waals surface area (Å²) in [6.45, 7) is 0.0315. The quantitative estimate of drug-likeness (QED) is 0.708. The number of nitrogens with one attached hydrogen (secondary N) is 1. The average molecular weight is 250 g/mol. The predicted octanol–water partition coefficient (Wildman–Crippen LogP) is 0.236. The Morgan fingerprint density at radius 1 is 1.33 bits per heavy atom. The number of ether oxygens (including phenoxy) is 1. The molecule has 1 unspecified atom stereocenters. The number of methoxy groups -OCH3 is 1. The Bertz CT molecular complexity index is 392. The maximum Gasteiger partial charge on any atom is 0.329 e. The van der Waals surface area contributed by atoms with Gasteiger partial charge in [-0.15, -0.1) is 0 Å². The predicted molar refractivity (Wildman–Crippen MR) is 67.8 cm³/mol. The topological polar surface area (TPSA) is 81.4 Å². The summed E-state index contributed by atoms with van der Waals surface area (Å²) in [5, 5.41) is 2.55. The number of hydrogen-bond acceptors (Lipinski definition) is 4. The minimum absolute atomic E-state index is 0.0315. The van der Waals surface area contributed by atoms with Gasteiger partial charge in [0.15, 0.2) is 0 Å². The molecular weight excluding hydrogens is 232 g/mol. The van der Waals surface area contributed by atoms with Gasteiger partial charge in [0, 0.05) is 13.0 Å². The van der Waals surface area contributed by atoms with E-state index in [9.17, 15) is 9.59 Å². The van der Waals surface area contributed by atoms with Crippen molar-refractivity contribution in [3.8, 4) is 0 Å². The largest absolute Gasteiger partial charge is 0.467 e. The molecule has 0 aromatic heterocycles. The van der Waals surface area contributed by atoms with E-state index in [0.717, 1.165) is 5.56 Å². The Morgan fingerprint density at radius 3 is 2.56 bits per heavy atom. The number of nitrogens with two attached hydrogens (primary N) is 1. The van der Waals surface area contributed by atoms with Crippen LogP contribution in [0.3, 0.4) is 0 Å². The van der Waals surface area contributed by atoms with Crippen LogP contribution in [0.2, 0.25) is 0 Å². The third-order valence-corrected chi connectivity index (χ3v) is 2.54. The highest BCUT2D eigenvalue weighted by Gasteiger charge is 2.19. The second-order valence-corrected chi connectivity index (χ2v) is 3.86. The lowest BCUT2D eigenvalue weighted by molar-refractivity contribution is -0.144. The number of carbonyl (C=O) groups excluding carboxylic acids is 2. The lowest BCUT2D eigenvalue weighted by Gasteiger charge is -2.14. The van der Waals surface area contributed by atoms with Crippen LogP contribution in [0.25, 0.3) is 0 Å². The first kappa shape index (κ1) is 14.2. The Kier molecular flexibility index (Phi) is 5.87. The SMILES string of the molecule is COC(=O)C(CN)NC(=O)CCc1ccccc1. The molecule has 1 rings (SSSR count). The zero-order valence-corrected chi connectivity index (χ0v) is 10.4. The fraction of sp³-hybridized carbons (Fsp3) is 0.385. The molecule has 0 heterocycles. The Balaban J connectivity index is 2.39. The summed E-state index contributed by atoms with van der Waals surface area (Å²) in [6.07, 6.45) is 0.947. The summed E-state index contributed by atoms with van der Waals surface area (Å²) in [5.41, 5.74) is 6.47. The Hall–Kier alpha value is -1.88. The summed E-state index contributed by atoms with van der Waals surface area (Å²) in [6, 6.07) is 8.90. The van der Waals surface area contributed by atoms with Gasteiger partial charge in [-0.25, -0.2) is 4.79 Å². The summed E-state index contributed by atoms with van der Waals surface area (Å²) in [4.78, 5) is 22.9. The molecule has 1 aromatic rings. The maximum atomic E-state index is 11.6. The summed E-state index contributed by atoms with van der Waals surface area (Å²) in [5.74, 6) is -0.731. The van der Waals surface area contributed by atoms with Crippen LogP contribution in [0.4, 0.5) is 0 Å². The minimum Gasteiger partial charge on any atom is -0.467 e. The van der Waals surface area contributed by atoms with Crippen LogP contribution in [0.15, 0.2) is 30.3 Å². The third-order valence-electron chi connectivity index (χ3n) is 2.54. The van der Waals surface area contributed by atoms with E-state index in [1.165, 1.54) is 7.11 Å². The second kappa shape index (κ2) is 7.45. The van der Waals surface area contributed by atoms with E-state index in [0.29, 0.717) is 12.8 Å². The van der Waals surface area contributed by atoms with Crippen LogP contribution >= 0.6 is 0 Å². The fourth-order valence-corrected chi connectivity index (χ4v) is 1.53. The highest BCUT2D eigenvalue weighted by atomic mass is 16.5. The molecular formula is C13H18N2O3. The maximum absolute atomic E-state index is 11.6. The van der Waals surface area contributed by atoms with Crippen LogP contribution in [-0.4, -0.2) is 31.6 Å². The molecule has 1 atom stereocenters. The van der Waals surface area contributed by atoms with Gasteiger partial charge in [0.25, 0.3) is 0 Å².